The summed E-state index contributed by atoms with van der Waals surface area (Å²) in [4.78, 5) is 34.0. The van der Waals surface area contributed by atoms with E-state index in [-0.39, 0.29) is 15.7 Å². The number of hydrogen-bond acceptors (Lipinski definition) is 6. The molecule has 0 amide bonds. The summed E-state index contributed by atoms with van der Waals surface area (Å²) in [7, 11) is 0. The van der Waals surface area contributed by atoms with Crippen LogP contribution in [0.1, 0.15) is 51.8 Å². The van der Waals surface area contributed by atoms with Crippen molar-refractivity contribution in [3.8, 4) is 0 Å². The molecule has 0 bridgehead atoms. The van der Waals surface area contributed by atoms with E-state index in [2.05, 4.69) is 13.8 Å². The summed E-state index contributed by atoms with van der Waals surface area (Å²) in [5.74, 6) is -0.635. The highest BCUT2D eigenvalue weighted by molar-refractivity contribution is 7.17. The molecule has 0 saturated carbocycles. The van der Waals surface area contributed by atoms with Crippen molar-refractivity contribution >= 4 is 28.1 Å². The second-order valence-corrected chi connectivity index (χ2v) is 6.39. The molecule has 126 valence electrons. The Morgan fingerprint density at radius 1 is 1.21 bits per heavy atom. The lowest BCUT2D eigenvalue weighted by Crippen LogP contribution is -2.13. The van der Waals surface area contributed by atoms with Crippen molar-refractivity contribution in [3.05, 3.63) is 62.5 Å². The fourth-order valence-electron chi connectivity index (χ4n) is 2.05. The molecule has 1 aromatic heterocycles. The van der Waals surface area contributed by atoms with Crippen LogP contribution in [0.5, 0.6) is 0 Å². The van der Waals surface area contributed by atoms with Crippen LogP contribution in [0.3, 0.4) is 0 Å². The highest BCUT2D eigenvalue weighted by atomic mass is 32.1. The quantitative estimate of drug-likeness (QED) is 0.324. The number of thiophene rings is 1. The molecule has 1 aromatic carbocycles. The minimum Gasteiger partial charge on any atom is -0.453 e. The largest absolute Gasteiger partial charge is 0.453 e. The lowest BCUT2D eigenvalue weighted by molar-refractivity contribution is -0.380. The Kier molecular flexibility index (Phi) is 5.81. The summed E-state index contributed by atoms with van der Waals surface area (Å²) < 4.78 is 4.94. The van der Waals surface area contributed by atoms with Gasteiger partial charge >= 0.3 is 11.0 Å². The number of ether oxygens (including phenoxy) is 1. The van der Waals surface area contributed by atoms with Crippen LogP contribution < -0.4 is 0 Å². The molecule has 24 heavy (non-hydrogen) atoms. The first-order valence-electron chi connectivity index (χ1n) is 7.47. The van der Waals surface area contributed by atoms with Crippen molar-refractivity contribution in [3.63, 3.8) is 0 Å². The molecule has 0 unspecified atom stereocenters. The molecule has 0 radical (unpaired) electrons. The first-order chi connectivity index (χ1) is 11.4. The van der Waals surface area contributed by atoms with Crippen LogP contribution in [-0.2, 0) is 4.74 Å². The number of hydrogen-bond donors (Lipinski definition) is 0. The van der Waals surface area contributed by atoms with Gasteiger partial charge in [-0.2, -0.15) is 0 Å². The van der Waals surface area contributed by atoms with Gasteiger partial charge in [-0.15, -0.1) is 0 Å². The third kappa shape index (κ3) is 4.26. The molecule has 1 atom stereocenters. The van der Waals surface area contributed by atoms with E-state index in [1.807, 2.05) is 12.1 Å². The van der Waals surface area contributed by atoms with Gasteiger partial charge in [0, 0.05) is 11.6 Å². The molecule has 0 aliphatic heterocycles. The third-order valence-electron chi connectivity index (χ3n) is 3.72. The molecule has 0 N–H and O–H groups in total. The lowest BCUT2D eigenvalue weighted by Gasteiger charge is -2.09. The molecule has 0 aliphatic carbocycles. The van der Waals surface area contributed by atoms with E-state index in [4.69, 9.17) is 4.74 Å². The van der Waals surface area contributed by atoms with Crippen LogP contribution in [0, 0.1) is 10.1 Å². The van der Waals surface area contributed by atoms with Gasteiger partial charge in [-0.3, -0.25) is 14.9 Å². The van der Waals surface area contributed by atoms with Crippen LogP contribution >= 0.6 is 11.3 Å². The second kappa shape index (κ2) is 7.83. The predicted octanol–water partition coefficient (Wildman–Crippen LogP) is 4.21. The summed E-state index contributed by atoms with van der Waals surface area (Å²) >= 11 is 0.719. The smallest absolute Gasteiger partial charge is 0.349 e. The Morgan fingerprint density at radius 3 is 2.42 bits per heavy atom. The zero-order chi connectivity index (χ0) is 17.7. The van der Waals surface area contributed by atoms with Gasteiger partial charge in [0.2, 0.25) is 0 Å². The van der Waals surface area contributed by atoms with Crippen molar-refractivity contribution in [2.75, 3.05) is 6.61 Å². The predicted molar refractivity (Wildman–Crippen MR) is 90.7 cm³/mol. The monoisotopic (exact) mass is 347 g/mol. The number of nitro groups is 1. The Bertz CT molecular complexity index is 751. The SMILES string of the molecule is CC[C@@H](C)c1ccc(C(=O)COC(=O)c2ccc([N+](=O)[O-])s2)cc1. The van der Waals surface area contributed by atoms with E-state index in [1.54, 1.807) is 12.1 Å². The van der Waals surface area contributed by atoms with Gasteiger partial charge in [0.25, 0.3) is 0 Å². The Hall–Kier alpha value is -2.54. The zero-order valence-electron chi connectivity index (χ0n) is 13.4. The number of esters is 1. The summed E-state index contributed by atoms with van der Waals surface area (Å²) in [6.07, 6.45) is 1.01. The molecule has 0 saturated heterocycles. The van der Waals surface area contributed by atoms with Crippen LogP contribution in [0.2, 0.25) is 0 Å². The summed E-state index contributed by atoms with van der Waals surface area (Å²) in [6.45, 7) is 3.81. The summed E-state index contributed by atoms with van der Waals surface area (Å²) in [5.41, 5.74) is 1.61. The lowest BCUT2D eigenvalue weighted by atomic mass is 9.97. The number of Topliss-reactive ketones (excluding diaryl/α,β-unsaturated/α-hetero) is 1. The molecular weight excluding hydrogens is 330 g/mol. The Labute approximate surface area is 143 Å². The first-order valence-corrected chi connectivity index (χ1v) is 8.28. The standard InChI is InChI=1S/C17H17NO5S/c1-3-11(2)12-4-6-13(7-5-12)14(19)10-23-17(20)15-8-9-16(24-15)18(21)22/h4-9,11H,3,10H2,1-2H3/t11-/m1/s1. The molecule has 0 fully saturated rings. The Balaban J connectivity index is 1.94. The average Bonchev–Trinajstić information content (AvgIpc) is 3.09. The normalized spacial score (nSPS) is 11.8. The van der Waals surface area contributed by atoms with Crippen LogP contribution in [0.4, 0.5) is 5.00 Å². The maximum Gasteiger partial charge on any atom is 0.349 e. The number of carbonyl (C=O) groups excluding carboxylic acids is 2. The summed E-state index contributed by atoms with van der Waals surface area (Å²) in [5, 5.41) is 10.5. The molecule has 1 heterocycles. The maximum absolute atomic E-state index is 12.1. The van der Waals surface area contributed by atoms with Crippen molar-refractivity contribution < 1.29 is 19.2 Å². The zero-order valence-corrected chi connectivity index (χ0v) is 14.2. The van der Waals surface area contributed by atoms with Crippen molar-refractivity contribution in [1.82, 2.24) is 0 Å². The number of ketones is 1. The minimum atomic E-state index is -0.738. The number of benzene rings is 1. The second-order valence-electron chi connectivity index (χ2n) is 5.33. The van der Waals surface area contributed by atoms with Gasteiger partial charge in [-0.25, -0.2) is 4.79 Å². The fraction of sp³-hybridized carbons (Fsp3) is 0.294. The van der Waals surface area contributed by atoms with E-state index < -0.39 is 17.5 Å². The van der Waals surface area contributed by atoms with Crippen molar-refractivity contribution in [2.45, 2.75) is 26.2 Å². The molecule has 2 rings (SSSR count). The van der Waals surface area contributed by atoms with Gasteiger partial charge in [0.15, 0.2) is 12.4 Å². The summed E-state index contributed by atoms with van der Waals surface area (Å²) in [6, 6.07) is 9.77. The topological polar surface area (TPSA) is 86.5 Å². The number of carbonyl (C=O) groups is 2. The van der Waals surface area contributed by atoms with Crippen molar-refractivity contribution in [1.29, 1.82) is 0 Å². The molecule has 6 nitrogen and oxygen atoms in total. The highest BCUT2D eigenvalue weighted by Gasteiger charge is 2.18. The van der Waals surface area contributed by atoms with Crippen molar-refractivity contribution in [2.24, 2.45) is 0 Å². The first kappa shape index (κ1) is 17.8. The Morgan fingerprint density at radius 2 is 1.88 bits per heavy atom. The molecule has 7 heteroatoms. The van der Waals surface area contributed by atoms with Gasteiger partial charge in [0.1, 0.15) is 4.88 Å². The van der Waals surface area contributed by atoms with Gasteiger partial charge in [-0.05, 0) is 24.0 Å². The fourth-order valence-corrected chi connectivity index (χ4v) is 2.77. The van der Waals surface area contributed by atoms with E-state index in [9.17, 15) is 19.7 Å². The molecular formula is C17H17NO5S. The molecule has 2 aromatic rings. The number of nitrogens with zero attached hydrogens (tertiary/aromatic N) is 1. The van der Waals surface area contributed by atoms with E-state index in [0.717, 1.165) is 23.3 Å². The molecule has 0 aliphatic rings. The van der Waals surface area contributed by atoms with Gasteiger partial charge in [-0.1, -0.05) is 49.4 Å². The van der Waals surface area contributed by atoms with E-state index in [0.29, 0.717) is 11.5 Å². The van der Waals surface area contributed by atoms with E-state index >= 15 is 0 Å². The van der Waals surface area contributed by atoms with Crippen LogP contribution in [-0.4, -0.2) is 23.3 Å². The number of rotatable bonds is 7. The van der Waals surface area contributed by atoms with E-state index in [1.165, 1.54) is 12.1 Å². The molecule has 0 spiro atoms. The van der Waals surface area contributed by atoms with Gasteiger partial charge in [0.05, 0.1) is 4.92 Å². The highest BCUT2D eigenvalue weighted by Crippen LogP contribution is 2.24. The van der Waals surface area contributed by atoms with Crippen LogP contribution in [0.15, 0.2) is 36.4 Å². The van der Waals surface area contributed by atoms with Crippen LogP contribution in [0.25, 0.3) is 0 Å². The average molecular weight is 347 g/mol. The van der Waals surface area contributed by atoms with Gasteiger partial charge < -0.3 is 4.74 Å². The minimum absolute atomic E-state index is 0.0987. The third-order valence-corrected chi connectivity index (χ3v) is 4.74. The maximum atomic E-state index is 12.1.